The third-order valence-electron chi connectivity index (χ3n) is 5.82. The molecule has 0 fully saturated rings. The van der Waals surface area contributed by atoms with Crippen LogP contribution in [0.25, 0.3) is 0 Å². The van der Waals surface area contributed by atoms with E-state index in [9.17, 15) is 14.4 Å². The molecule has 0 aromatic heterocycles. The molecule has 0 aromatic carbocycles. The molecule has 0 saturated carbocycles. The van der Waals surface area contributed by atoms with E-state index in [0.29, 0.717) is 0 Å². The first-order valence-corrected chi connectivity index (χ1v) is 12.0. The maximum Gasteiger partial charge on any atom is 0.341 e. The summed E-state index contributed by atoms with van der Waals surface area (Å²) in [5.41, 5.74) is -1.63. The predicted molar refractivity (Wildman–Crippen MR) is 119 cm³/mol. The molecule has 1 atom stereocenters. The van der Waals surface area contributed by atoms with Gasteiger partial charge in [0.15, 0.2) is 5.78 Å². The fourth-order valence-electron chi connectivity index (χ4n) is 3.87. The van der Waals surface area contributed by atoms with Gasteiger partial charge >= 0.3 is 11.9 Å². The molecular formula is C24H41NO5. The Morgan fingerprint density at radius 2 is 1.43 bits per heavy atom. The van der Waals surface area contributed by atoms with E-state index in [4.69, 9.17) is 9.84 Å². The van der Waals surface area contributed by atoms with Gasteiger partial charge in [-0.15, -0.1) is 0 Å². The summed E-state index contributed by atoms with van der Waals surface area (Å²) >= 11 is 0. The summed E-state index contributed by atoms with van der Waals surface area (Å²) in [5, 5.41) is 8.86. The molecule has 6 heteroatoms. The van der Waals surface area contributed by atoms with E-state index in [0.717, 1.165) is 19.3 Å². The van der Waals surface area contributed by atoms with Crippen molar-refractivity contribution < 1.29 is 24.2 Å². The second kappa shape index (κ2) is 16.0. The maximum atomic E-state index is 12.4. The Balaban J connectivity index is 2.01. The molecule has 0 saturated heterocycles. The van der Waals surface area contributed by atoms with Crippen molar-refractivity contribution in [2.75, 3.05) is 6.61 Å². The number of carboxylic acids is 1. The normalized spacial score (nSPS) is 18.1. The van der Waals surface area contributed by atoms with Crippen molar-refractivity contribution in [2.24, 2.45) is 4.99 Å². The van der Waals surface area contributed by atoms with Crippen LogP contribution in [-0.4, -0.2) is 41.2 Å². The zero-order chi connectivity index (χ0) is 22.1. The van der Waals surface area contributed by atoms with Gasteiger partial charge in [-0.3, -0.25) is 14.6 Å². The molecule has 0 amide bonds. The lowest BCUT2D eigenvalue weighted by Gasteiger charge is -2.21. The van der Waals surface area contributed by atoms with Gasteiger partial charge in [-0.1, -0.05) is 90.4 Å². The molecule has 1 rings (SSSR count). The van der Waals surface area contributed by atoms with Crippen LogP contribution in [0.1, 0.15) is 116 Å². The Kier molecular flexibility index (Phi) is 14.1. The monoisotopic (exact) mass is 423 g/mol. The van der Waals surface area contributed by atoms with Crippen molar-refractivity contribution in [1.29, 1.82) is 0 Å². The fourth-order valence-corrected chi connectivity index (χ4v) is 3.87. The summed E-state index contributed by atoms with van der Waals surface area (Å²) in [6, 6.07) is 0. The Hall–Kier alpha value is -1.72. The molecule has 1 aliphatic heterocycles. The lowest BCUT2D eigenvalue weighted by atomic mass is 9.90. The number of carbonyl (C=O) groups is 3. The first kappa shape index (κ1) is 26.3. The van der Waals surface area contributed by atoms with E-state index in [1.807, 2.05) is 0 Å². The van der Waals surface area contributed by atoms with Gasteiger partial charge in [-0.25, -0.2) is 4.79 Å². The number of carboxylic acid groups (broad SMARTS) is 1. The average Bonchev–Trinajstić information content (AvgIpc) is 3.10. The lowest BCUT2D eigenvalue weighted by molar-refractivity contribution is -0.153. The number of ether oxygens (including phenoxy) is 1. The van der Waals surface area contributed by atoms with Crippen LogP contribution in [0.3, 0.4) is 0 Å². The van der Waals surface area contributed by atoms with E-state index in [1.54, 1.807) is 0 Å². The summed E-state index contributed by atoms with van der Waals surface area (Å²) < 4.78 is 5.27. The number of hydrogen-bond acceptors (Lipinski definition) is 5. The zero-order valence-corrected chi connectivity index (χ0v) is 18.8. The average molecular weight is 424 g/mol. The summed E-state index contributed by atoms with van der Waals surface area (Å²) in [6.07, 6.45) is 18.6. The molecule has 1 unspecified atom stereocenters. The smallest absolute Gasteiger partial charge is 0.341 e. The Bertz CT molecular complexity index is 546. The number of Topliss-reactive ketones (excluding diaryl/α,β-unsaturated/α-hetero) is 1. The van der Waals surface area contributed by atoms with Crippen molar-refractivity contribution >= 4 is 23.9 Å². The highest BCUT2D eigenvalue weighted by Gasteiger charge is 2.48. The minimum atomic E-state index is -1.63. The number of aliphatic imine (C=N–C) groups is 1. The number of hydrogen-bond donors (Lipinski definition) is 1. The quantitative estimate of drug-likeness (QED) is 0.164. The van der Waals surface area contributed by atoms with Crippen LogP contribution in [0.4, 0.5) is 0 Å². The highest BCUT2D eigenvalue weighted by Crippen LogP contribution is 2.27. The molecule has 0 bridgehead atoms. The third kappa shape index (κ3) is 10.4. The molecule has 0 aromatic rings. The minimum absolute atomic E-state index is 0.0631. The predicted octanol–water partition coefficient (Wildman–Crippen LogP) is 5.66. The SMILES string of the molecule is CCCCCCCCCCCCCCCCOC(=O)C1(CCC(=O)O)N=CCC1=O. The maximum absolute atomic E-state index is 12.4. The van der Waals surface area contributed by atoms with Gasteiger partial charge < -0.3 is 9.84 Å². The van der Waals surface area contributed by atoms with Crippen LogP contribution in [0, 0.1) is 0 Å². The molecule has 172 valence electrons. The van der Waals surface area contributed by atoms with Crippen LogP contribution >= 0.6 is 0 Å². The van der Waals surface area contributed by atoms with Gasteiger partial charge in [-0.05, 0) is 6.42 Å². The van der Waals surface area contributed by atoms with Crippen LogP contribution in [0.5, 0.6) is 0 Å². The van der Waals surface area contributed by atoms with Gasteiger partial charge in [0.1, 0.15) is 0 Å². The number of carbonyl (C=O) groups excluding carboxylic acids is 2. The van der Waals surface area contributed by atoms with Crippen molar-refractivity contribution in [3.63, 3.8) is 0 Å². The molecule has 0 aliphatic carbocycles. The van der Waals surface area contributed by atoms with Gasteiger partial charge in [0.05, 0.1) is 6.61 Å². The van der Waals surface area contributed by atoms with Crippen molar-refractivity contribution in [3.8, 4) is 0 Å². The molecule has 1 aliphatic rings. The summed E-state index contributed by atoms with van der Waals surface area (Å²) in [7, 11) is 0. The van der Waals surface area contributed by atoms with Gasteiger partial charge in [0.25, 0.3) is 0 Å². The molecule has 0 spiro atoms. The number of ketones is 1. The second-order valence-corrected chi connectivity index (χ2v) is 8.43. The standard InChI is InChI=1S/C24H41NO5/c1-2-3-4-5-6-7-8-9-10-11-12-13-14-15-20-30-23(29)24(18-16-22(27)28)21(26)17-19-25-24/h19H,2-18,20H2,1H3,(H,27,28). The topological polar surface area (TPSA) is 93.0 Å². The number of unbranched alkanes of at least 4 members (excludes halogenated alkanes) is 13. The summed E-state index contributed by atoms with van der Waals surface area (Å²) in [4.78, 5) is 39.3. The number of esters is 1. The Morgan fingerprint density at radius 3 is 1.87 bits per heavy atom. The molecular weight excluding hydrogens is 382 g/mol. The van der Waals surface area contributed by atoms with Crippen LogP contribution in [0.2, 0.25) is 0 Å². The van der Waals surface area contributed by atoms with Crippen LogP contribution in [0.15, 0.2) is 4.99 Å². The largest absolute Gasteiger partial charge is 0.481 e. The minimum Gasteiger partial charge on any atom is -0.481 e. The molecule has 0 radical (unpaired) electrons. The number of rotatable bonds is 19. The van der Waals surface area contributed by atoms with Gasteiger partial charge in [0, 0.05) is 25.5 Å². The highest BCUT2D eigenvalue weighted by atomic mass is 16.5. The number of aliphatic carboxylic acids is 1. The van der Waals surface area contributed by atoms with E-state index in [2.05, 4.69) is 11.9 Å². The van der Waals surface area contributed by atoms with Crippen molar-refractivity contribution in [2.45, 2.75) is 122 Å². The van der Waals surface area contributed by atoms with E-state index >= 15 is 0 Å². The molecule has 1 heterocycles. The third-order valence-corrected chi connectivity index (χ3v) is 5.82. The van der Waals surface area contributed by atoms with Crippen LogP contribution in [-0.2, 0) is 19.1 Å². The van der Waals surface area contributed by atoms with E-state index in [1.165, 1.54) is 76.8 Å². The van der Waals surface area contributed by atoms with Crippen molar-refractivity contribution in [3.05, 3.63) is 0 Å². The molecule has 6 nitrogen and oxygen atoms in total. The van der Waals surface area contributed by atoms with Gasteiger partial charge in [-0.2, -0.15) is 0 Å². The highest BCUT2D eigenvalue weighted by molar-refractivity contribution is 6.16. The fraction of sp³-hybridized carbons (Fsp3) is 0.833. The number of nitrogens with zero attached hydrogens (tertiary/aromatic N) is 1. The van der Waals surface area contributed by atoms with Gasteiger partial charge in [0.2, 0.25) is 5.54 Å². The summed E-state index contributed by atoms with van der Waals surface area (Å²) in [6.45, 7) is 2.51. The first-order chi connectivity index (χ1) is 14.5. The van der Waals surface area contributed by atoms with E-state index in [-0.39, 0.29) is 31.7 Å². The first-order valence-electron chi connectivity index (χ1n) is 12.0. The molecule has 1 N–H and O–H groups in total. The van der Waals surface area contributed by atoms with Crippen LogP contribution < -0.4 is 0 Å². The van der Waals surface area contributed by atoms with E-state index < -0.39 is 17.5 Å². The zero-order valence-electron chi connectivity index (χ0n) is 18.8. The Morgan fingerprint density at radius 1 is 0.933 bits per heavy atom. The molecule has 30 heavy (non-hydrogen) atoms. The second-order valence-electron chi connectivity index (χ2n) is 8.43. The lowest BCUT2D eigenvalue weighted by Crippen LogP contribution is -2.44. The summed E-state index contributed by atoms with van der Waals surface area (Å²) in [5.74, 6) is -2.11. The van der Waals surface area contributed by atoms with Crippen molar-refractivity contribution in [1.82, 2.24) is 0 Å². The Labute approximate surface area is 181 Å².